The highest BCUT2D eigenvalue weighted by Crippen LogP contribution is 2.40. The van der Waals surface area contributed by atoms with Gasteiger partial charge in [-0.15, -0.1) is 0 Å². The number of nitrogens with zero attached hydrogens (tertiary/aromatic N) is 1. The zero-order valence-electron chi connectivity index (χ0n) is 10.1. The summed E-state index contributed by atoms with van der Waals surface area (Å²) in [4.78, 5) is 4.12. The second-order valence-electron chi connectivity index (χ2n) is 4.64. The summed E-state index contributed by atoms with van der Waals surface area (Å²) >= 11 is 2.03. The molecule has 3 heteroatoms. The van der Waals surface area contributed by atoms with Gasteiger partial charge in [-0.3, -0.25) is 4.98 Å². The van der Waals surface area contributed by atoms with Crippen LogP contribution < -0.4 is 5.32 Å². The molecule has 1 saturated carbocycles. The molecule has 1 aromatic rings. The molecule has 0 saturated heterocycles. The van der Waals surface area contributed by atoms with Gasteiger partial charge in [-0.25, -0.2) is 0 Å². The van der Waals surface area contributed by atoms with Gasteiger partial charge in [-0.05, 0) is 37.7 Å². The summed E-state index contributed by atoms with van der Waals surface area (Å²) in [6, 6.07) is 2.07. The van der Waals surface area contributed by atoms with Crippen LogP contribution in [0.3, 0.4) is 0 Å². The monoisotopic (exact) mass is 236 g/mol. The third kappa shape index (κ3) is 2.51. The predicted octanol–water partition coefficient (Wildman–Crippen LogP) is 3.48. The van der Waals surface area contributed by atoms with Gasteiger partial charge in [0.15, 0.2) is 0 Å². The minimum atomic E-state index is 0.468. The molecule has 16 heavy (non-hydrogen) atoms. The molecule has 2 rings (SSSR count). The summed E-state index contributed by atoms with van der Waals surface area (Å²) in [5, 5.41) is 3.59. The summed E-state index contributed by atoms with van der Waals surface area (Å²) < 4.78 is 0.468. The molecule has 0 spiro atoms. The molecule has 1 fully saturated rings. The number of hydrogen-bond donors (Lipinski definition) is 1. The summed E-state index contributed by atoms with van der Waals surface area (Å²) in [5.74, 6) is 0. The lowest BCUT2D eigenvalue weighted by molar-refractivity contribution is 0.639. The Bertz CT molecular complexity index is 346. The van der Waals surface area contributed by atoms with Gasteiger partial charge in [0.25, 0.3) is 0 Å². The molecular formula is C13H20N2S. The number of hydrogen-bond acceptors (Lipinski definition) is 3. The first-order chi connectivity index (χ1) is 7.76. The number of aromatic nitrogens is 1. The highest BCUT2D eigenvalue weighted by Gasteiger charge is 2.32. The number of rotatable bonds is 4. The van der Waals surface area contributed by atoms with E-state index in [1.165, 1.54) is 36.9 Å². The molecule has 1 aliphatic carbocycles. The molecule has 0 aliphatic heterocycles. The molecule has 2 nitrogen and oxygen atoms in total. The Kier molecular flexibility index (Phi) is 3.74. The lowest BCUT2D eigenvalue weighted by Crippen LogP contribution is -2.30. The van der Waals surface area contributed by atoms with Gasteiger partial charge < -0.3 is 5.32 Å². The first-order valence-corrected chi connectivity index (χ1v) is 7.18. The SMILES string of the molecule is CSC1(CNc2ccncc2C)CCCC1. The van der Waals surface area contributed by atoms with E-state index in [0.29, 0.717) is 4.75 Å². The Labute approximate surface area is 102 Å². The van der Waals surface area contributed by atoms with Crippen LogP contribution in [0, 0.1) is 6.92 Å². The standard InChI is InChI=1S/C13H20N2S/c1-11-9-14-8-5-12(11)15-10-13(16-2)6-3-4-7-13/h5,8-9H,3-4,6-7,10H2,1-2H3,(H,14,15). The van der Waals surface area contributed by atoms with E-state index in [1.54, 1.807) is 0 Å². The fraction of sp³-hybridized carbons (Fsp3) is 0.615. The van der Waals surface area contributed by atoms with E-state index in [0.717, 1.165) is 6.54 Å². The maximum atomic E-state index is 4.12. The quantitative estimate of drug-likeness (QED) is 0.866. The van der Waals surface area contributed by atoms with Crippen molar-refractivity contribution < 1.29 is 0 Å². The lowest BCUT2D eigenvalue weighted by Gasteiger charge is -2.27. The maximum absolute atomic E-state index is 4.12. The third-order valence-corrected chi connectivity index (χ3v) is 4.99. The van der Waals surface area contributed by atoms with Crippen molar-refractivity contribution in [2.24, 2.45) is 0 Å². The first kappa shape index (κ1) is 11.8. The lowest BCUT2D eigenvalue weighted by atomic mass is 10.1. The minimum absolute atomic E-state index is 0.468. The van der Waals surface area contributed by atoms with Crippen LogP contribution in [0.1, 0.15) is 31.2 Å². The summed E-state index contributed by atoms with van der Waals surface area (Å²) in [6.07, 6.45) is 11.5. The highest BCUT2D eigenvalue weighted by molar-refractivity contribution is 8.00. The van der Waals surface area contributed by atoms with Crippen molar-refractivity contribution in [2.75, 3.05) is 18.1 Å². The molecule has 1 N–H and O–H groups in total. The molecule has 1 aliphatic rings. The Morgan fingerprint density at radius 2 is 2.19 bits per heavy atom. The van der Waals surface area contributed by atoms with Gasteiger partial charge in [-0.2, -0.15) is 11.8 Å². The van der Waals surface area contributed by atoms with Crippen molar-refractivity contribution in [1.82, 2.24) is 4.98 Å². The van der Waals surface area contributed by atoms with E-state index < -0.39 is 0 Å². The van der Waals surface area contributed by atoms with Gasteiger partial charge in [0, 0.05) is 29.4 Å². The van der Waals surface area contributed by atoms with Gasteiger partial charge in [0.05, 0.1) is 0 Å². The average Bonchev–Trinajstić information content (AvgIpc) is 2.78. The Morgan fingerprint density at radius 3 is 2.81 bits per heavy atom. The van der Waals surface area contributed by atoms with E-state index in [9.17, 15) is 0 Å². The molecule has 0 unspecified atom stereocenters. The van der Waals surface area contributed by atoms with E-state index in [2.05, 4.69) is 29.5 Å². The van der Waals surface area contributed by atoms with Gasteiger partial charge in [0.1, 0.15) is 0 Å². The van der Waals surface area contributed by atoms with E-state index >= 15 is 0 Å². The molecule has 88 valence electrons. The molecule has 0 amide bonds. The van der Waals surface area contributed by atoms with E-state index in [1.807, 2.05) is 24.2 Å². The van der Waals surface area contributed by atoms with Crippen molar-refractivity contribution in [3.8, 4) is 0 Å². The molecule has 1 aromatic heterocycles. The van der Waals surface area contributed by atoms with Gasteiger partial charge >= 0.3 is 0 Å². The minimum Gasteiger partial charge on any atom is -0.383 e. The van der Waals surface area contributed by atoms with Crippen LogP contribution in [0.5, 0.6) is 0 Å². The number of thioether (sulfide) groups is 1. The summed E-state index contributed by atoms with van der Waals surface area (Å²) in [6.45, 7) is 3.19. The Hall–Kier alpha value is -0.700. The second kappa shape index (κ2) is 5.09. The average molecular weight is 236 g/mol. The van der Waals surface area contributed by atoms with Crippen molar-refractivity contribution in [1.29, 1.82) is 0 Å². The molecule has 0 radical (unpaired) electrons. The molecular weight excluding hydrogens is 216 g/mol. The Balaban J connectivity index is 1.98. The highest BCUT2D eigenvalue weighted by atomic mass is 32.2. The van der Waals surface area contributed by atoms with Crippen molar-refractivity contribution >= 4 is 17.4 Å². The van der Waals surface area contributed by atoms with Crippen LogP contribution in [0.4, 0.5) is 5.69 Å². The van der Waals surface area contributed by atoms with Crippen LogP contribution in [0.2, 0.25) is 0 Å². The zero-order chi connectivity index (χ0) is 11.4. The molecule has 0 atom stereocenters. The third-order valence-electron chi connectivity index (χ3n) is 3.57. The largest absolute Gasteiger partial charge is 0.383 e. The van der Waals surface area contributed by atoms with Gasteiger partial charge in [-0.1, -0.05) is 12.8 Å². The smallest absolute Gasteiger partial charge is 0.0401 e. The number of nitrogens with one attached hydrogen (secondary N) is 1. The molecule has 0 aromatic carbocycles. The van der Waals surface area contributed by atoms with Crippen molar-refractivity contribution in [3.63, 3.8) is 0 Å². The Morgan fingerprint density at radius 1 is 1.44 bits per heavy atom. The topological polar surface area (TPSA) is 24.9 Å². The summed E-state index contributed by atoms with van der Waals surface area (Å²) in [7, 11) is 0. The fourth-order valence-electron chi connectivity index (χ4n) is 2.40. The zero-order valence-corrected chi connectivity index (χ0v) is 10.9. The number of aryl methyl sites for hydroxylation is 1. The predicted molar refractivity (Wildman–Crippen MR) is 72.2 cm³/mol. The first-order valence-electron chi connectivity index (χ1n) is 5.95. The van der Waals surface area contributed by atoms with Crippen LogP contribution in [0.25, 0.3) is 0 Å². The van der Waals surface area contributed by atoms with Crippen molar-refractivity contribution in [2.45, 2.75) is 37.4 Å². The van der Waals surface area contributed by atoms with E-state index in [-0.39, 0.29) is 0 Å². The van der Waals surface area contributed by atoms with Crippen LogP contribution in [0.15, 0.2) is 18.5 Å². The number of anilines is 1. The van der Waals surface area contributed by atoms with E-state index in [4.69, 9.17) is 0 Å². The van der Waals surface area contributed by atoms with Crippen molar-refractivity contribution in [3.05, 3.63) is 24.0 Å². The molecule has 1 heterocycles. The van der Waals surface area contributed by atoms with Gasteiger partial charge in [0.2, 0.25) is 0 Å². The van der Waals surface area contributed by atoms with Crippen LogP contribution >= 0.6 is 11.8 Å². The summed E-state index contributed by atoms with van der Waals surface area (Å²) in [5.41, 5.74) is 2.46. The molecule has 0 bridgehead atoms. The number of pyridine rings is 1. The second-order valence-corrected chi connectivity index (χ2v) is 5.91. The fourth-order valence-corrected chi connectivity index (χ4v) is 3.31. The van der Waals surface area contributed by atoms with Crippen LogP contribution in [-0.2, 0) is 0 Å². The normalized spacial score (nSPS) is 18.6. The van der Waals surface area contributed by atoms with Crippen LogP contribution in [-0.4, -0.2) is 22.5 Å². The maximum Gasteiger partial charge on any atom is 0.0401 e.